The average molecular weight is 415 g/mol. The Morgan fingerprint density at radius 1 is 1.03 bits per heavy atom. The van der Waals surface area contributed by atoms with Crippen molar-refractivity contribution in [3.05, 3.63) is 89.4 Å². The molecule has 4 aromatic rings. The largest absolute Gasteiger partial charge is 0.489 e. The van der Waals surface area contributed by atoms with E-state index in [0.717, 1.165) is 51.4 Å². The van der Waals surface area contributed by atoms with Crippen molar-refractivity contribution in [1.29, 1.82) is 0 Å². The van der Waals surface area contributed by atoms with Gasteiger partial charge in [-0.05, 0) is 55.2 Å². The summed E-state index contributed by atoms with van der Waals surface area (Å²) in [6.45, 7) is 9.19. The highest BCUT2D eigenvalue weighted by atomic mass is 16.5. The van der Waals surface area contributed by atoms with E-state index in [4.69, 9.17) is 9.15 Å². The smallest absolute Gasteiger partial charge is 0.134 e. The van der Waals surface area contributed by atoms with E-state index < -0.39 is 0 Å². The van der Waals surface area contributed by atoms with Gasteiger partial charge in [0.1, 0.15) is 23.7 Å². The number of benzene rings is 2. The van der Waals surface area contributed by atoms with Crippen LogP contribution < -0.4 is 10.1 Å². The normalized spacial score (nSPS) is 12.3. The summed E-state index contributed by atoms with van der Waals surface area (Å²) >= 11 is 0. The van der Waals surface area contributed by atoms with Crippen LogP contribution >= 0.6 is 0 Å². The van der Waals surface area contributed by atoms with Crippen LogP contribution in [0, 0.1) is 12.8 Å². The maximum absolute atomic E-state index is 6.32. The molecular formula is C27H30N2O2. The molecule has 4 rings (SSSR count). The van der Waals surface area contributed by atoms with Crippen molar-refractivity contribution in [3.8, 4) is 5.75 Å². The topological polar surface area (TPSA) is 47.3 Å². The van der Waals surface area contributed by atoms with Crippen LogP contribution in [0.2, 0.25) is 0 Å². The van der Waals surface area contributed by atoms with Gasteiger partial charge in [0.2, 0.25) is 0 Å². The summed E-state index contributed by atoms with van der Waals surface area (Å²) in [5.41, 5.74) is 5.27. The molecule has 31 heavy (non-hydrogen) atoms. The zero-order chi connectivity index (χ0) is 21.8. The van der Waals surface area contributed by atoms with Crippen molar-refractivity contribution < 1.29 is 9.15 Å². The molecule has 0 saturated heterocycles. The van der Waals surface area contributed by atoms with Crippen LogP contribution in [-0.4, -0.2) is 4.98 Å². The molecule has 0 bridgehead atoms. The van der Waals surface area contributed by atoms with Crippen molar-refractivity contribution in [1.82, 2.24) is 4.98 Å². The lowest BCUT2D eigenvalue weighted by atomic mass is 9.98. The zero-order valence-electron chi connectivity index (χ0n) is 18.7. The number of fused-ring (bicyclic) bond motifs is 1. The summed E-state index contributed by atoms with van der Waals surface area (Å²) < 4.78 is 12.3. The molecule has 4 heteroatoms. The quantitative estimate of drug-likeness (QED) is 0.334. The lowest BCUT2D eigenvalue weighted by Crippen LogP contribution is -2.17. The van der Waals surface area contributed by atoms with E-state index in [2.05, 4.69) is 68.3 Å². The lowest BCUT2D eigenvalue weighted by Gasteiger charge is -2.22. The van der Waals surface area contributed by atoms with Crippen molar-refractivity contribution in [3.63, 3.8) is 0 Å². The van der Waals surface area contributed by atoms with E-state index in [1.165, 1.54) is 0 Å². The minimum atomic E-state index is 0.0513. The van der Waals surface area contributed by atoms with Crippen LogP contribution in [0.25, 0.3) is 11.0 Å². The Labute approximate surface area is 184 Å². The second kappa shape index (κ2) is 9.25. The molecule has 4 nitrogen and oxygen atoms in total. The Hall–Kier alpha value is -3.27. The van der Waals surface area contributed by atoms with Crippen LogP contribution in [0.1, 0.15) is 49.4 Å². The van der Waals surface area contributed by atoms with E-state index in [0.29, 0.717) is 12.5 Å². The number of nitrogens with one attached hydrogen (secondary N) is 1. The predicted molar refractivity (Wildman–Crippen MR) is 127 cm³/mol. The molecule has 1 atom stereocenters. The third-order valence-corrected chi connectivity index (χ3v) is 5.65. The number of hydrogen-bond acceptors (Lipinski definition) is 4. The molecule has 0 saturated carbocycles. The van der Waals surface area contributed by atoms with Crippen LogP contribution in [0.5, 0.6) is 5.75 Å². The van der Waals surface area contributed by atoms with Crippen molar-refractivity contribution >= 4 is 16.7 Å². The Morgan fingerprint density at radius 3 is 2.52 bits per heavy atom. The van der Waals surface area contributed by atoms with E-state index in [-0.39, 0.29) is 6.04 Å². The number of anilines is 1. The highest BCUT2D eigenvalue weighted by Gasteiger charge is 2.24. The summed E-state index contributed by atoms with van der Waals surface area (Å²) in [6, 6.07) is 20.5. The molecule has 0 aliphatic carbocycles. The Bertz CT molecular complexity index is 1130. The molecule has 2 aromatic heterocycles. The van der Waals surface area contributed by atoms with Crippen LogP contribution in [0.15, 0.2) is 71.3 Å². The summed E-state index contributed by atoms with van der Waals surface area (Å²) in [6.07, 6.45) is 2.84. The minimum Gasteiger partial charge on any atom is -0.489 e. The molecule has 2 heterocycles. The molecule has 0 aliphatic heterocycles. The maximum Gasteiger partial charge on any atom is 0.134 e. The van der Waals surface area contributed by atoms with Gasteiger partial charge < -0.3 is 14.5 Å². The number of rotatable bonds is 8. The van der Waals surface area contributed by atoms with Crippen molar-refractivity contribution in [2.75, 3.05) is 5.32 Å². The highest BCUT2D eigenvalue weighted by Crippen LogP contribution is 2.36. The van der Waals surface area contributed by atoms with Gasteiger partial charge in [-0.1, -0.05) is 51.1 Å². The van der Waals surface area contributed by atoms with E-state index >= 15 is 0 Å². The number of hydrogen-bond donors (Lipinski definition) is 1. The SMILES string of the molecule is CCc1ccc(NC(c2oc3ccc(OCc4ccccc4)cc3c2C)C(C)C)cn1. The van der Waals surface area contributed by atoms with E-state index in [9.17, 15) is 0 Å². The van der Waals surface area contributed by atoms with Crippen molar-refractivity contribution in [2.24, 2.45) is 5.92 Å². The molecule has 1 N–H and O–H groups in total. The van der Waals surface area contributed by atoms with Gasteiger partial charge in [0.15, 0.2) is 0 Å². The monoisotopic (exact) mass is 414 g/mol. The fourth-order valence-electron chi connectivity index (χ4n) is 3.78. The first-order valence-corrected chi connectivity index (χ1v) is 11.0. The summed E-state index contributed by atoms with van der Waals surface area (Å²) in [5, 5.41) is 4.71. The van der Waals surface area contributed by atoms with Crippen LogP contribution in [-0.2, 0) is 13.0 Å². The minimum absolute atomic E-state index is 0.0513. The van der Waals surface area contributed by atoms with E-state index in [1.54, 1.807) is 0 Å². The Morgan fingerprint density at radius 2 is 1.84 bits per heavy atom. The molecule has 0 spiro atoms. The lowest BCUT2D eigenvalue weighted by molar-refractivity contribution is 0.306. The molecule has 0 amide bonds. The van der Waals surface area contributed by atoms with Gasteiger partial charge in [0, 0.05) is 16.6 Å². The van der Waals surface area contributed by atoms with Gasteiger partial charge in [-0.3, -0.25) is 4.98 Å². The molecule has 0 aliphatic rings. The summed E-state index contributed by atoms with van der Waals surface area (Å²) in [7, 11) is 0. The van der Waals surface area contributed by atoms with Gasteiger partial charge in [0.25, 0.3) is 0 Å². The highest BCUT2D eigenvalue weighted by molar-refractivity contribution is 5.83. The summed E-state index contributed by atoms with van der Waals surface area (Å²) in [5.74, 6) is 2.16. The standard InChI is InChI=1S/C27H30N2O2/c1-5-21-11-12-22(16-28-21)29-26(18(2)3)27-19(4)24-15-23(13-14-25(24)31-27)30-17-20-9-7-6-8-10-20/h6-16,18,26,29H,5,17H2,1-4H3. The third-order valence-electron chi connectivity index (χ3n) is 5.65. The fourth-order valence-corrected chi connectivity index (χ4v) is 3.78. The zero-order valence-corrected chi connectivity index (χ0v) is 18.7. The Balaban J connectivity index is 1.58. The first-order chi connectivity index (χ1) is 15.0. The van der Waals surface area contributed by atoms with Gasteiger partial charge in [-0.25, -0.2) is 0 Å². The predicted octanol–water partition coefficient (Wildman–Crippen LogP) is 7.09. The molecule has 2 aromatic carbocycles. The van der Waals surface area contributed by atoms with Crippen LogP contribution in [0.3, 0.4) is 0 Å². The maximum atomic E-state index is 6.32. The first-order valence-electron chi connectivity index (χ1n) is 11.0. The molecular weight excluding hydrogens is 384 g/mol. The molecule has 1 unspecified atom stereocenters. The second-order valence-corrected chi connectivity index (χ2v) is 8.28. The number of furan rings is 1. The number of nitrogens with zero attached hydrogens (tertiary/aromatic N) is 1. The van der Waals surface area contributed by atoms with Gasteiger partial charge >= 0.3 is 0 Å². The van der Waals surface area contributed by atoms with Gasteiger partial charge in [-0.2, -0.15) is 0 Å². The number of ether oxygens (including phenoxy) is 1. The van der Waals surface area contributed by atoms with Gasteiger partial charge in [0.05, 0.1) is 17.9 Å². The molecule has 160 valence electrons. The van der Waals surface area contributed by atoms with Crippen LogP contribution in [0.4, 0.5) is 5.69 Å². The van der Waals surface area contributed by atoms with Crippen molar-refractivity contribution in [2.45, 2.75) is 46.8 Å². The molecule has 0 radical (unpaired) electrons. The molecule has 0 fully saturated rings. The van der Waals surface area contributed by atoms with Gasteiger partial charge in [-0.15, -0.1) is 0 Å². The third kappa shape index (κ3) is 4.74. The Kier molecular flexibility index (Phi) is 6.26. The first kappa shape index (κ1) is 21.0. The summed E-state index contributed by atoms with van der Waals surface area (Å²) in [4.78, 5) is 4.52. The second-order valence-electron chi connectivity index (χ2n) is 8.28. The number of aromatic nitrogens is 1. The fraction of sp³-hybridized carbons (Fsp3) is 0.296. The number of pyridine rings is 1. The number of aryl methyl sites for hydroxylation is 2. The van der Waals surface area contributed by atoms with E-state index in [1.807, 2.05) is 36.5 Å². The average Bonchev–Trinajstić information content (AvgIpc) is 3.12.